The van der Waals surface area contributed by atoms with E-state index in [1.165, 1.54) is 75.6 Å². The van der Waals surface area contributed by atoms with Crippen LogP contribution >= 0.6 is 0 Å². The Labute approximate surface area is 867 Å². The average molecular weight is 2520 g/mol. The fraction of sp³-hybridized carbons (Fsp3) is 0.0645. The van der Waals surface area contributed by atoms with Crippen LogP contribution in [0.25, 0.3) is 167 Å². The third-order valence-corrected chi connectivity index (χ3v) is 21.8. The van der Waals surface area contributed by atoms with Crippen LogP contribution in [0.15, 0.2) is 446 Å². The van der Waals surface area contributed by atoms with Gasteiger partial charge >= 0.3 is 0 Å². The van der Waals surface area contributed by atoms with Crippen molar-refractivity contribution in [3.8, 4) is 123 Å². The van der Waals surface area contributed by atoms with Crippen molar-refractivity contribution in [2.45, 2.75) is 55.4 Å². The molecule has 13 aromatic carbocycles. The number of ketones is 1. The molecule has 22 rings (SSSR count). The molecular formula is C124H96Ir4N7O4-7. The monoisotopic (exact) mass is 2520 g/mol. The summed E-state index contributed by atoms with van der Waals surface area (Å²) >= 11 is 0. The van der Waals surface area contributed by atoms with Crippen LogP contribution in [0.4, 0.5) is 0 Å². The predicted molar refractivity (Wildman–Crippen MR) is 551 cm³/mol. The molecule has 0 aliphatic carbocycles. The summed E-state index contributed by atoms with van der Waals surface area (Å²) in [5.41, 5.74) is 33.6. The molecule has 0 amide bonds. The number of aliphatic hydroxyl groups excluding tert-OH is 1. The number of rotatable bonds is 12. The number of hydrogen-bond acceptors (Lipinski definition) is 11. The van der Waals surface area contributed by atoms with Gasteiger partial charge in [-0.15, -0.1) is 216 Å². The van der Waals surface area contributed by atoms with Crippen molar-refractivity contribution < 1.29 is 99.2 Å². The Bertz CT molecular complexity index is 7160. The first-order valence-corrected chi connectivity index (χ1v) is 44.4. The summed E-state index contributed by atoms with van der Waals surface area (Å²) in [6.07, 6.45) is 14.3. The van der Waals surface area contributed by atoms with Crippen molar-refractivity contribution in [2.24, 2.45) is 0 Å². The number of hydrogen-bond donors (Lipinski definition) is 1. The number of furan rings is 2. The molecule has 4 radical (unpaired) electrons. The molecule has 9 aromatic heterocycles. The minimum Gasteiger partial charge on any atom is -0.512 e. The molecule has 22 aromatic rings. The fourth-order valence-corrected chi connectivity index (χ4v) is 15.0. The number of para-hydroxylation sites is 2. The number of aryl methyl sites for hydroxylation is 6. The van der Waals surface area contributed by atoms with Crippen LogP contribution in [-0.4, -0.2) is 45.8 Å². The second kappa shape index (κ2) is 53.1. The van der Waals surface area contributed by atoms with Gasteiger partial charge in [-0.05, 0) is 180 Å². The first-order valence-electron chi connectivity index (χ1n) is 44.4. The number of nitrogens with zero attached hydrogens (tertiary/aromatic N) is 7. The van der Waals surface area contributed by atoms with Gasteiger partial charge in [0.2, 0.25) is 0 Å². The van der Waals surface area contributed by atoms with E-state index in [-0.39, 0.29) is 92.0 Å². The largest absolute Gasteiger partial charge is 0.512 e. The Morgan fingerprint density at radius 3 is 0.892 bits per heavy atom. The van der Waals surface area contributed by atoms with E-state index >= 15 is 0 Å². The maximum absolute atomic E-state index is 10.0. The zero-order valence-electron chi connectivity index (χ0n) is 77.6. The molecule has 0 aliphatic rings. The van der Waals surface area contributed by atoms with Gasteiger partial charge < -0.3 is 48.8 Å². The van der Waals surface area contributed by atoms with Crippen LogP contribution in [-0.2, 0) is 85.2 Å². The Morgan fingerprint density at radius 1 is 0.259 bits per heavy atom. The quantitative estimate of drug-likeness (QED) is 0.0706. The van der Waals surface area contributed by atoms with E-state index in [1.54, 1.807) is 6.20 Å². The molecule has 0 saturated heterocycles. The SMILES string of the molecule is CC(=O)C=C(C)O.Cc1cc(-c2[c-]cccc2)ncc1-c1ccccc1.Cc1cc(-c2[c-]cccc2)ncc1-c1ccccc1.Cc1ccc(-c2[c-]cccc2)nc1.Cc1ccc(-c2[c-]cccc2)nc1.Cc1cccc2c1oc1c(-c3cc(-c4ccccc4)ccn3)[c-]ccc12.Cc1cccc2c1oc1c(-c3cc(-c4ccccc4)ccn3)[c-]ccc12.[Ir].[Ir].[Ir].[Ir].[c-]1ccccc1-c1ccccn1. The topological polar surface area (TPSA) is 154 Å². The summed E-state index contributed by atoms with van der Waals surface area (Å²) < 4.78 is 12.5. The Balaban J connectivity index is 0.000000155. The van der Waals surface area contributed by atoms with E-state index in [0.29, 0.717) is 0 Å². The van der Waals surface area contributed by atoms with Crippen molar-refractivity contribution in [2.75, 3.05) is 0 Å². The van der Waals surface area contributed by atoms with Crippen molar-refractivity contribution >= 4 is 49.7 Å². The van der Waals surface area contributed by atoms with E-state index in [1.807, 2.05) is 300 Å². The molecular weight excluding hydrogens is 2420 g/mol. The molecule has 0 aliphatic heterocycles. The molecule has 0 atom stereocenters. The van der Waals surface area contributed by atoms with Crippen molar-refractivity contribution in [1.29, 1.82) is 0 Å². The second-order valence-corrected chi connectivity index (χ2v) is 31.8. The smallest absolute Gasteiger partial charge is 0.155 e. The van der Waals surface area contributed by atoms with Gasteiger partial charge in [0.15, 0.2) is 5.78 Å². The maximum atomic E-state index is 10.0. The molecule has 0 fully saturated rings. The molecule has 694 valence electrons. The van der Waals surface area contributed by atoms with E-state index in [0.717, 1.165) is 145 Å². The van der Waals surface area contributed by atoms with E-state index < -0.39 is 0 Å². The third-order valence-electron chi connectivity index (χ3n) is 21.8. The summed E-state index contributed by atoms with van der Waals surface area (Å²) in [6.45, 7) is 15.3. The first-order chi connectivity index (χ1) is 66.1. The van der Waals surface area contributed by atoms with E-state index in [4.69, 9.17) is 13.9 Å². The molecule has 15 heteroatoms. The molecule has 0 unspecified atom stereocenters. The van der Waals surface area contributed by atoms with Crippen LogP contribution in [0.2, 0.25) is 0 Å². The predicted octanol–water partition coefficient (Wildman–Crippen LogP) is 31.2. The van der Waals surface area contributed by atoms with Crippen LogP contribution in [0.5, 0.6) is 0 Å². The van der Waals surface area contributed by atoms with Gasteiger partial charge in [0.1, 0.15) is 11.2 Å². The minimum atomic E-state index is -0.125. The molecule has 0 spiro atoms. The summed E-state index contributed by atoms with van der Waals surface area (Å²) in [4.78, 5) is 41.2. The van der Waals surface area contributed by atoms with Crippen LogP contribution in [0.1, 0.15) is 47.2 Å². The van der Waals surface area contributed by atoms with Gasteiger partial charge in [-0.3, -0.25) is 4.79 Å². The summed E-state index contributed by atoms with van der Waals surface area (Å²) in [6, 6.07) is 150. The standard InChI is InChI=1S/2C24H16NO.2C18H14N.2C12H10N.C11H8N.C5H8O2.4Ir/c2*1-16-7-5-10-19-20-11-6-12-21(24(20)26-23(16)19)22-15-18(13-14-25-22)17-8-3-2-4-9-17;2*1-14-12-18(16-10-6-3-7-11-16)19-13-17(14)15-8-4-2-5-9-15;2*1-10-7-8-12(13-9-10)11-5-3-2-4-6-11;1-2-6-10(7-3-1)11-8-4-5-9-12-11;1-4(6)3-5(2)7;;;;/h2*2-11,13-15H,1H3;2*2-10,12-13H,1H3;2*2-5,7-9H,1H3;1-6,8-9H;3,6H,1-2H3;;;;/q7*-1;;;;;. The summed E-state index contributed by atoms with van der Waals surface area (Å²) in [7, 11) is 0. The number of aliphatic hydroxyl groups is 1. The van der Waals surface area contributed by atoms with Gasteiger partial charge in [-0.25, -0.2) is 0 Å². The van der Waals surface area contributed by atoms with E-state index in [9.17, 15) is 4.79 Å². The Hall–Kier alpha value is -14.7. The molecule has 1 N–H and O–H groups in total. The molecule has 9 heterocycles. The van der Waals surface area contributed by atoms with Crippen molar-refractivity contribution in [1.82, 2.24) is 34.9 Å². The van der Waals surface area contributed by atoms with Crippen LogP contribution < -0.4 is 0 Å². The Kier molecular flexibility index (Phi) is 40.1. The normalized spacial score (nSPS) is 10.3. The molecule has 0 bridgehead atoms. The van der Waals surface area contributed by atoms with Gasteiger partial charge in [-0.1, -0.05) is 240 Å². The summed E-state index contributed by atoms with van der Waals surface area (Å²) in [5, 5.41) is 12.8. The average Bonchev–Trinajstić information content (AvgIpc) is 1.61. The fourth-order valence-electron chi connectivity index (χ4n) is 15.0. The molecule has 0 saturated carbocycles. The minimum absolute atomic E-state index is 0. The van der Waals surface area contributed by atoms with Crippen molar-refractivity contribution in [3.63, 3.8) is 0 Å². The number of fused-ring (bicyclic) bond motifs is 6. The van der Waals surface area contributed by atoms with Crippen LogP contribution in [0.3, 0.4) is 0 Å². The second-order valence-electron chi connectivity index (χ2n) is 31.8. The number of carbonyl (C=O) groups is 1. The van der Waals surface area contributed by atoms with Gasteiger partial charge in [0.05, 0.1) is 16.9 Å². The number of allylic oxidation sites excluding steroid dienone is 2. The number of benzene rings is 13. The van der Waals surface area contributed by atoms with Gasteiger partial charge in [0, 0.05) is 152 Å². The Morgan fingerprint density at radius 2 is 0.583 bits per heavy atom. The first kappa shape index (κ1) is 105. The number of aromatic nitrogens is 7. The molecule has 139 heavy (non-hydrogen) atoms. The van der Waals surface area contributed by atoms with E-state index in [2.05, 4.69) is 239 Å². The zero-order valence-corrected chi connectivity index (χ0v) is 87.2. The van der Waals surface area contributed by atoms with Crippen molar-refractivity contribution in [3.05, 3.63) is 513 Å². The third kappa shape index (κ3) is 28.7. The number of pyridine rings is 7. The maximum Gasteiger partial charge on any atom is 0.155 e. The zero-order chi connectivity index (χ0) is 93.5. The number of carbonyl (C=O) groups excluding carboxylic acids is 1. The van der Waals surface area contributed by atoms with Gasteiger partial charge in [0.25, 0.3) is 0 Å². The van der Waals surface area contributed by atoms with Crippen LogP contribution in [0, 0.1) is 84.0 Å². The summed E-state index contributed by atoms with van der Waals surface area (Å²) in [5.74, 6) is -0.0625. The molecule has 11 nitrogen and oxygen atoms in total. The van der Waals surface area contributed by atoms with Gasteiger partial charge in [-0.2, -0.15) is 0 Å².